The Hall–Kier alpha value is -3.41. The number of benzene rings is 2. The zero-order chi connectivity index (χ0) is 17.6. The fourth-order valence-corrected chi connectivity index (χ4v) is 2.35. The van der Waals surface area contributed by atoms with Gasteiger partial charge in [0, 0.05) is 23.9 Å². The Kier molecular flexibility index (Phi) is 4.89. The van der Waals surface area contributed by atoms with Crippen molar-refractivity contribution in [1.82, 2.24) is 10.3 Å². The summed E-state index contributed by atoms with van der Waals surface area (Å²) in [6.07, 6.45) is 1.56. The molecule has 0 atom stereocenters. The van der Waals surface area contributed by atoms with E-state index in [4.69, 9.17) is 4.42 Å². The van der Waals surface area contributed by atoms with Crippen molar-refractivity contribution in [2.45, 2.75) is 6.42 Å². The minimum Gasteiger partial charge on any atom is -0.444 e. The van der Waals surface area contributed by atoms with Gasteiger partial charge in [-0.15, -0.1) is 0 Å². The Morgan fingerprint density at radius 3 is 2.64 bits per heavy atom. The third-order valence-electron chi connectivity index (χ3n) is 3.55. The lowest BCUT2D eigenvalue weighted by Crippen LogP contribution is -2.19. The molecule has 2 N–H and O–H groups in total. The number of nitrogens with one attached hydrogen (secondary N) is 2. The first-order valence-corrected chi connectivity index (χ1v) is 7.77. The first-order chi connectivity index (χ1) is 12.2. The van der Waals surface area contributed by atoms with E-state index in [9.17, 15) is 9.59 Å². The van der Waals surface area contributed by atoms with E-state index in [0.29, 0.717) is 22.8 Å². The summed E-state index contributed by atoms with van der Waals surface area (Å²) in [5.41, 5.74) is 2.43. The van der Waals surface area contributed by atoms with Crippen LogP contribution in [0, 0.1) is 0 Å². The van der Waals surface area contributed by atoms with Crippen molar-refractivity contribution >= 4 is 17.5 Å². The van der Waals surface area contributed by atoms with Gasteiger partial charge >= 0.3 is 0 Å². The summed E-state index contributed by atoms with van der Waals surface area (Å²) in [5, 5.41) is 5.30. The number of aromatic nitrogens is 1. The van der Waals surface area contributed by atoms with Gasteiger partial charge in [-0.05, 0) is 30.3 Å². The van der Waals surface area contributed by atoms with Crippen LogP contribution in [0.5, 0.6) is 0 Å². The van der Waals surface area contributed by atoms with Crippen LogP contribution >= 0.6 is 0 Å². The van der Waals surface area contributed by atoms with E-state index in [1.165, 1.54) is 6.26 Å². The van der Waals surface area contributed by atoms with Crippen molar-refractivity contribution < 1.29 is 14.0 Å². The van der Waals surface area contributed by atoms with Crippen molar-refractivity contribution in [3.05, 3.63) is 72.1 Å². The average molecular weight is 335 g/mol. The number of amides is 2. The molecule has 3 aromatic rings. The molecule has 25 heavy (non-hydrogen) atoms. The summed E-state index contributed by atoms with van der Waals surface area (Å²) >= 11 is 0. The normalized spacial score (nSPS) is 10.3. The molecule has 3 rings (SSSR count). The maximum absolute atomic E-state index is 12.2. The van der Waals surface area contributed by atoms with E-state index in [1.807, 2.05) is 30.3 Å². The lowest BCUT2D eigenvalue weighted by molar-refractivity contribution is -0.115. The smallest absolute Gasteiger partial charge is 0.251 e. The van der Waals surface area contributed by atoms with Crippen molar-refractivity contribution in [1.29, 1.82) is 0 Å². The molecule has 0 aliphatic rings. The van der Waals surface area contributed by atoms with Crippen LogP contribution in [0.15, 0.2) is 65.3 Å². The second-order valence-electron chi connectivity index (χ2n) is 5.39. The molecule has 0 spiro atoms. The maximum atomic E-state index is 12.2. The summed E-state index contributed by atoms with van der Waals surface area (Å²) in [6, 6.07) is 16.2. The third-order valence-corrected chi connectivity index (χ3v) is 3.55. The average Bonchev–Trinajstić information content (AvgIpc) is 3.10. The molecule has 0 bridgehead atoms. The molecule has 6 nitrogen and oxygen atoms in total. The van der Waals surface area contributed by atoms with Gasteiger partial charge in [0.2, 0.25) is 11.8 Å². The molecule has 0 saturated heterocycles. The number of oxazole rings is 1. The molecule has 2 aromatic carbocycles. The number of anilines is 1. The Balaban J connectivity index is 1.65. The zero-order valence-electron chi connectivity index (χ0n) is 13.7. The highest BCUT2D eigenvalue weighted by Crippen LogP contribution is 2.18. The van der Waals surface area contributed by atoms with Crippen LogP contribution in [-0.2, 0) is 11.2 Å². The standard InChI is InChI=1S/C19H17N3O3/c1-20-18(24)14-8-5-9-15(10-14)21-17(23)11-16-12-25-19(22-16)13-6-3-2-4-7-13/h2-10,12H,11H2,1H3,(H,20,24)(H,21,23). The van der Waals surface area contributed by atoms with E-state index in [0.717, 1.165) is 5.56 Å². The minimum absolute atomic E-state index is 0.0839. The van der Waals surface area contributed by atoms with Crippen molar-refractivity contribution in [3.8, 4) is 11.5 Å². The number of hydrogen-bond donors (Lipinski definition) is 2. The predicted octanol–water partition coefficient (Wildman–Crippen LogP) is 2.88. The van der Waals surface area contributed by atoms with Gasteiger partial charge in [-0.1, -0.05) is 24.3 Å². The quantitative estimate of drug-likeness (QED) is 0.751. The van der Waals surface area contributed by atoms with E-state index >= 15 is 0 Å². The number of rotatable bonds is 5. The van der Waals surface area contributed by atoms with E-state index in [-0.39, 0.29) is 18.2 Å². The molecule has 0 radical (unpaired) electrons. The number of hydrogen-bond acceptors (Lipinski definition) is 4. The summed E-state index contributed by atoms with van der Waals surface area (Å²) < 4.78 is 5.42. The molecule has 0 fully saturated rings. The first-order valence-electron chi connectivity index (χ1n) is 7.77. The fraction of sp³-hybridized carbons (Fsp3) is 0.105. The number of carbonyl (C=O) groups is 2. The SMILES string of the molecule is CNC(=O)c1cccc(NC(=O)Cc2coc(-c3ccccc3)n2)c1. The molecule has 0 aliphatic heterocycles. The Bertz CT molecular complexity index is 888. The van der Waals surface area contributed by atoms with Crippen molar-refractivity contribution in [2.75, 3.05) is 12.4 Å². The summed E-state index contributed by atoms with van der Waals surface area (Å²) in [6.45, 7) is 0. The van der Waals surface area contributed by atoms with Gasteiger partial charge in [-0.25, -0.2) is 4.98 Å². The Morgan fingerprint density at radius 1 is 1.08 bits per heavy atom. The van der Waals surface area contributed by atoms with Crippen LogP contribution in [0.3, 0.4) is 0 Å². The number of nitrogens with zero attached hydrogens (tertiary/aromatic N) is 1. The molecule has 1 heterocycles. The van der Waals surface area contributed by atoms with Crippen molar-refractivity contribution in [3.63, 3.8) is 0 Å². The van der Waals surface area contributed by atoms with E-state index in [1.54, 1.807) is 31.3 Å². The Labute approximate surface area is 144 Å². The van der Waals surface area contributed by atoms with Gasteiger partial charge in [0.25, 0.3) is 5.91 Å². The lowest BCUT2D eigenvalue weighted by Gasteiger charge is -2.06. The summed E-state index contributed by atoms with van der Waals surface area (Å²) in [5.74, 6) is 0.0343. The van der Waals surface area contributed by atoms with Gasteiger partial charge in [0.1, 0.15) is 6.26 Å². The van der Waals surface area contributed by atoms with Crippen LogP contribution in [0.1, 0.15) is 16.1 Å². The Morgan fingerprint density at radius 2 is 1.88 bits per heavy atom. The van der Waals surface area contributed by atoms with Crippen LogP contribution in [0.25, 0.3) is 11.5 Å². The highest BCUT2D eigenvalue weighted by atomic mass is 16.3. The van der Waals surface area contributed by atoms with E-state index < -0.39 is 0 Å². The molecular formula is C19H17N3O3. The minimum atomic E-state index is -0.234. The van der Waals surface area contributed by atoms with Crippen molar-refractivity contribution in [2.24, 2.45) is 0 Å². The highest BCUT2D eigenvalue weighted by molar-refractivity contribution is 5.97. The fourth-order valence-electron chi connectivity index (χ4n) is 2.35. The lowest BCUT2D eigenvalue weighted by atomic mass is 10.2. The summed E-state index contributed by atoms with van der Waals surface area (Å²) in [4.78, 5) is 28.1. The van der Waals surface area contributed by atoms with Gasteiger partial charge < -0.3 is 15.1 Å². The van der Waals surface area contributed by atoms with Gasteiger partial charge in [-0.3, -0.25) is 9.59 Å². The van der Waals surface area contributed by atoms with Crippen LogP contribution in [0.2, 0.25) is 0 Å². The third kappa shape index (κ3) is 4.11. The molecule has 126 valence electrons. The van der Waals surface area contributed by atoms with Crippen LogP contribution in [0.4, 0.5) is 5.69 Å². The second-order valence-corrected chi connectivity index (χ2v) is 5.39. The van der Waals surface area contributed by atoms with Crippen LogP contribution < -0.4 is 10.6 Å². The van der Waals surface area contributed by atoms with E-state index in [2.05, 4.69) is 15.6 Å². The molecule has 0 saturated carbocycles. The van der Waals surface area contributed by atoms with Gasteiger partial charge in [0.05, 0.1) is 12.1 Å². The molecule has 2 amide bonds. The first kappa shape index (κ1) is 16.4. The maximum Gasteiger partial charge on any atom is 0.251 e. The second kappa shape index (κ2) is 7.44. The molecule has 1 aromatic heterocycles. The number of carbonyl (C=O) groups excluding carboxylic acids is 2. The predicted molar refractivity (Wildman–Crippen MR) is 94.1 cm³/mol. The largest absolute Gasteiger partial charge is 0.444 e. The molecule has 6 heteroatoms. The molecule has 0 unspecified atom stereocenters. The van der Waals surface area contributed by atoms with Gasteiger partial charge in [0.15, 0.2) is 0 Å². The summed E-state index contributed by atoms with van der Waals surface area (Å²) in [7, 11) is 1.56. The molecular weight excluding hydrogens is 318 g/mol. The topological polar surface area (TPSA) is 84.2 Å². The van der Waals surface area contributed by atoms with Gasteiger partial charge in [-0.2, -0.15) is 0 Å². The molecule has 0 aliphatic carbocycles. The highest BCUT2D eigenvalue weighted by Gasteiger charge is 2.11. The zero-order valence-corrected chi connectivity index (χ0v) is 13.7. The van der Waals surface area contributed by atoms with Crippen LogP contribution in [-0.4, -0.2) is 23.8 Å². The monoisotopic (exact) mass is 335 g/mol.